The number of carbonyl (C=O) groups excluding carboxylic acids is 1. The van der Waals surface area contributed by atoms with Gasteiger partial charge in [-0.05, 0) is 36.4 Å². The van der Waals surface area contributed by atoms with E-state index in [0.29, 0.717) is 40.7 Å². The lowest BCUT2D eigenvalue weighted by Gasteiger charge is -2.15. The predicted octanol–water partition coefficient (Wildman–Crippen LogP) is 3.06. The molecule has 4 rings (SSSR count). The monoisotopic (exact) mass is 506 g/mol. The van der Waals surface area contributed by atoms with Crippen molar-refractivity contribution in [3.8, 4) is 17.1 Å². The Hall–Kier alpha value is -4.02. The maximum Gasteiger partial charge on any atom is 0.296 e. The quantitative estimate of drug-likeness (QED) is 0.351. The number of amides is 1. The molecule has 0 saturated carbocycles. The average Bonchev–Trinajstić information content (AvgIpc) is 2.85. The third-order valence-electron chi connectivity index (χ3n) is 5.78. The van der Waals surface area contributed by atoms with Gasteiger partial charge in [0, 0.05) is 24.0 Å². The van der Waals surface area contributed by atoms with Gasteiger partial charge < -0.3 is 10.4 Å². The maximum atomic E-state index is 13.0. The number of nitrogens with two attached hydrogens (primary N) is 1. The van der Waals surface area contributed by atoms with E-state index in [-0.39, 0.29) is 17.1 Å². The van der Waals surface area contributed by atoms with Crippen molar-refractivity contribution in [3.05, 3.63) is 87.8 Å². The van der Waals surface area contributed by atoms with Crippen LogP contribution in [0.3, 0.4) is 0 Å². The first-order valence-electron chi connectivity index (χ1n) is 11.3. The van der Waals surface area contributed by atoms with Crippen LogP contribution in [0.2, 0.25) is 0 Å². The van der Waals surface area contributed by atoms with Crippen LogP contribution in [0.25, 0.3) is 22.2 Å². The molecule has 3 aromatic carbocycles. The summed E-state index contributed by atoms with van der Waals surface area (Å²) in [5.41, 5.74) is 1.32. The molecule has 1 heterocycles. The zero-order chi connectivity index (χ0) is 26.0. The number of aromatic nitrogens is 2. The molecular formula is C26H26N4O5S. The van der Waals surface area contributed by atoms with E-state index in [2.05, 4.69) is 10.3 Å². The van der Waals surface area contributed by atoms with Crippen LogP contribution in [0.4, 0.5) is 0 Å². The Balaban J connectivity index is 1.65. The SMILES string of the molecule is CCCn1c(-c2ccc(C)cc2)nc(C(=O)NCc2ccc3c(S(N)(=O)=O)cccc3c2)c(O)c1=O. The van der Waals surface area contributed by atoms with Gasteiger partial charge in [0.25, 0.3) is 11.5 Å². The van der Waals surface area contributed by atoms with Crippen molar-refractivity contribution in [2.24, 2.45) is 5.14 Å². The molecule has 0 spiro atoms. The number of aryl methyl sites for hydroxylation is 1. The normalized spacial score (nSPS) is 11.5. The van der Waals surface area contributed by atoms with Crippen LogP contribution in [-0.4, -0.2) is 29.0 Å². The molecule has 0 fully saturated rings. The molecular weight excluding hydrogens is 480 g/mol. The van der Waals surface area contributed by atoms with Gasteiger partial charge in [0.1, 0.15) is 5.82 Å². The minimum absolute atomic E-state index is 0.0148. The molecule has 1 aromatic heterocycles. The van der Waals surface area contributed by atoms with Gasteiger partial charge in [-0.1, -0.05) is 61.0 Å². The summed E-state index contributed by atoms with van der Waals surface area (Å²) in [7, 11) is -3.89. The fourth-order valence-corrected chi connectivity index (χ4v) is 4.75. The van der Waals surface area contributed by atoms with Crippen molar-refractivity contribution in [1.29, 1.82) is 0 Å². The number of fused-ring (bicyclic) bond motifs is 1. The van der Waals surface area contributed by atoms with Gasteiger partial charge in [0.05, 0.1) is 4.90 Å². The Morgan fingerprint density at radius 3 is 2.50 bits per heavy atom. The Labute approximate surface area is 208 Å². The van der Waals surface area contributed by atoms with E-state index in [1.54, 1.807) is 30.3 Å². The van der Waals surface area contributed by atoms with E-state index in [0.717, 1.165) is 5.56 Å². The number of nitrogens with zero attached hydrogens (tertiary/aromatic N) is 2. The van der Waals surface area contributed by atoms with E-state index >= 15 is 0 Å². The highest BCUT2D eigenvalue weighted by atomic mass is 32.2. The van der Waals surface area contributed by atoms with E-state index in [1.807, 2.05) is 38.1 Å². The predicted molar refractivity (Wildman–Crippen MR) is 137 cm³/mol. The fraction of sp³-hybridized carbons (Fsp3) is 0.192. The second-order valence-corrected chi connectivity index (χ2v) is 10.0. The molecule has 9 nitrogen and oxygen atoms in total. The fourth-order valence-electron chi connectivity index (χ4n) is 3.98. The highest BCUT2D eigenvalue weighted by Crippen LogP contribution is 2.24. The number of aromatic hydroxyl groups is 1. The first-order chi connectivity index (χ1) is 17.1. The summed E-state index contributed by atoms with van der Waals surface area (Å²) in [5.74, 6) is -1.13. The van der Waals surface area contributed by atoms with E-state index in [1.165, 1.54) is 10.6 Å². The minimum Gasteiger partial charge on any atom is -0.501 e. The summed E-state index contributed by atoms with van der Waals surface area (Å²) in [6.45, 7) is 4.24. The molecule has 0 unspecified atom stereocenters. The lowest BCUT2D eigenvalue weighted by Crippen LogP contribution is -2.30. The number of carbonyl (C=O) groups is 1. The van der Waals surface area contributed by atoms with Crippen LogP contribution in [0.1, 0.15) is 35.0 Å². The average molecular weight is 507 g/mol. The summed E-state index contributed by atoms with van der Waals surface area (Å²) in [6, 6.07) is 17.2. The van der Waals surface area contributed by atoms with Crippen LogP contribution < -0.4 is 16.0 Å². The van der Waals surface area contributed by atoms with Crippen LogP contribution in [-0.2, 0) is 23.1 Å². The van der Waals surface area contributed by atoms with Gasteiger partial charge in [-0.15, -0.1) is 0 Å². The van der Waals surface area contributed by atoms with E-state index < -0.39 is 27.2 Å². The van der Waals surface area contributed by atoms with Crippen molar-refractivity contribution in [3.63, 3.8) is 0 Å². The number of primary sulfonamides is 1. The highest BCUT2D eigenvalue weighted by Gasteiger charge is 2.22. The Morgan fingerprint density at radius 2 is 1.83 bits per heavy atom. The van der Waals surface area contributed by atoms with Crippen LogP contribution in [0, 0.1) is 6.92 Å². The lowest BCUT2D eigenvalue weighted by molar-refractivity contribution is 0.0942. The Bertz CT molecular complexity index is 1630. The summed E-state index contributed by atoms with van der Waals surface area (Å²) < 4.78 is 25.0. The number of hydrogen-bond acceptors (Lipinski definition) is 6. The number of nitrogens with one attached hydrogen (secondary N) is 1. The molecule has 4 aromatic rings. The second-order valence-electron chi connectivity index (χ2n) is 8.49. The van der Waals surface area contributed by atoms with Gasteiger partial charge in [-0.25, -0.2) is 18.5 Å². The van der Waals surface area contributed by atoms with Gasteiger partial charge in [0.15, 0.2) is 5.69 Å². The van der Waals surface area contributed by atoms with Crippen LogP contribution >= 0.6 is 0 Å². The number of sulfonamides is 1. The molecule has 0 atom stereocenters. The molecule has 186 valence electrons. The molecule has 0 aliphatic rings. The van der Waals surface area contributed by atoms with Gasteiger partial charge >= 0.3 is 0 Å². The number of hydrogen-bond donors (Lipinski definition) is 3. The summed E-state index contributed by atoms with van der Waals surface area (Å²) in [5, 5.41) is 19.6. The molecule has 4 N–H and O–H groups in total. The first kappa shape index (κ1) is 25.1. The van der Waals surface area contributed by atoms with E-state index in [9.17, 15) is 23.1 Å². The van der Waals surface area contributed by atoms with Crippen molar-refractivity contribution >= 4 is 26.7 Å². The van der Waals surface area contributed by atoms with Crippen molar-refractivity contribution in [1.82, 2.24) is 14.9 Å². The second kappa shape index (κ2) is 9.92. The summed E-state index contributed by atoms with van der Waals surface area (Å²) >= 11 is 0. The maximum absolute atomic E-state index is 13.0. The molecule has 1 amide bonds. The van der Waals surface area contributed by atoms with Gasteiger partial charge in [-0.2, -0.15) is 0 Å². The van der Waals surface area contributed by atoms with Gasteiger partial charge in [-0.3, -0.25) is 14.2 Å². The molecule has 10 heteroatoms. The zero-order valence-electron chi connectivity index (χ0n) is 19.9. The molecule has 0 bridgehead atoms. The number of rotatable bonds is 7. The first-order valence-corrected chi connectivity index (χ1v) is 12.9. The number of benzene rings is 3. The smallest absolute Gasteiger partial charge is 0.296 e. The third-order valence-corrected chi connectivity index (χ3v) is 6.75. The summed E-state index contributed by atoms with van der Waals surface area (Å²) in [4.78, 5) is 30.3. The standard InChI is InChI=1S/C26H26N4O5S/c1-3-13-30-24(18-10-7-16(2)8-11-18)29-22(23(31)26(30)33)25(32)28-15-17-9-12-20-19(14-17)5-4-6-21(20)36(27,34)35/h4-12,14,31H,3,13,15H2,1-2H3,(H,28,32)(H2,27,34,35). The van der Waals surface area contributed by atoms with Crippen molar-refractivity contribution in [2.45, 2.75) is 38.3 Å². The minimum atomic E-state index is -3.89. The van der Waals surface area contributed by atoms with Crippen LogP contribution in [0.15, 0.2) is 70.4 Å². The molecule has 36 heavy (non-hydrogen) atoms. The van der Waals surface area contributed by atoms with Crippen molar-refractivity contribution in [2.75, 3.05) is 0 Å². The topological polar surface area (TPSA) is 144 Å². The van der Waals surface area contributed by atoms with Crippen molar-refractivity contribution < 1.29 is 18.3 Å². The summed E-state index contributed by atoms with van der Waals surface area (Å²) in [6.07, 6.45) is 0.639. The Morgan fingerprint density at radius 1 is 1.11 bits per heavy atom. The van der Waals surface area contributed by atoms with Gasteiger partial charge in [0.2, 0.25) is 15.8 Å². The molecule has 0 aliphatic carbocycles. The third kappa shape index (κ3) is 5.00. The molecule has 0 radical (unpaired) electrons. The molecule has 0 saturated heterocycles. The highest BCUT2D eigenvalue weighted by molar-refractivity contribution is 7.89. The largest absolute Gasteiger partial charge is 0.501 e. The lowest BCUT2D eigenvalue weighted by atomic mass is 10.1. The van der Waals surface area contributed by atoms with Crippen LogP contribution in [0.5, 0.6) is 5.75 Å². The Kier molecular flexibility index (Phi) is 6.91. The molecule has 0 aliphatic heterocycles. The van der Waals surface area contributed by atoms with E-state index in [4.69, 9.17) is 5.14 Å². The zero-order valence-corrected chi connectivity index (χ0v) is 20.7.